The zero-order valence-electron chi connectivity index (χ0n) is 17.0. The Morgan fingerprint density at radius 1 is 0.833 bits per heavy atom. The number of rotatable bonds is 13. The Hall–Kier alpha value is -2.77. The van der Waals surface area contributed by atoms with E-state index in [-0.39, 0.29) is 12.3 Å². The third kappa shape index (κ3) is 9.62. The van der Waals surface area contributed by atoms with Crippen LogP contribution in [0.4, 0.5) is 0 Å². The molecule has 0 bridgehead atoms. The van der Waals surface area contributed by atoms with Crippen molar-refractivity contribution >= 4 is 29.7 Å². The summed E-state index contributed by atoms with van der Waals surface area (Å²) < 4.78 is 0. The van der Waals surface area contributed by atoms with Gasteiger partial charge >= 0.3 is 11.9 Å². The van der Waals surface area contributed by atoms with Crippen LogP contribution >= 0.6 is 0 Å². The largest absolute Gasteiger partial charge is 0.481 e. The van der Waals surface area contributed by atoms with Crippen LogP contribution in [-0.2, 0) is 24.0 Å². The molecular formula is C17H30N4O9. The number of carbonyl (C=O) groups excluding carboxylic acids is 3. The van der Waals surface area contributed by atoms with E-state index in [2.05, 4.69) is 16.0 Å². The summed E-state index contributed by atoms with van der Waals surface area (Å²) in [5, 5.41) is 43.2. The summed E-state index contributed by atoms with van der Waals surface area (Å²) >= 11 is 0. The molecule has 0 spiro atoms. The summed E-state index contributed by atoms with van der Waals surface area (Å²) in [5.41, 5.74) is 5.43. The summed E-state index contributed by atoms with van der Waals surface area (Å²) in [4.78, 5) is 58.9. The molecule has 5 unspecified atom stereocenters. The van der Waals surface area contributed by atoms with Gasteiger partial charge in [-0.25, -0.2) is 4.79 Å². The fourth-order valence-electron chi connectivity index (χ4n) is 2.30. The van der Waals surface area contributed by atoms with E-state index in [1.165, 1.54) is 6.92 Å². The number of nitrogens with two attached hydrogens (primary N) is 1. The quantitative estimate of drug-likeness (QED) is 0.144. The molecule has 0 aliphatic carbocycles. The van der Waals surface area contributed by atoms with Gasteiger partial charge in [0.25, 0.3) is 0 Å². The number of aliphatic hydroxyl groups excluding tert-OH is 2. The summed E-state index contributed by atoms with van der Waals surface area (Å²) in [5.74, 6) is -5.98. The van der Waals surface area contributed by atoms with Crippen molar-refractivity contribution in [3.8, 4) is 0 Å². The van der Waals surface area contributed by atoms with Gasteiger partial charge in [-0.1, -0.05) is 13.8 Å². The van der Waals surface area contributed by atoms with Crippen molar-refractivity contribution in [3.63, 3.8) is 0 Å². The molecule has 0 aromatic heterocycles. The minimum absolute atomic E-state index is 0.0708. The van der Waals surface area contributed by atoms with Crippen molar-refractivity contribution in [2.75, 3.05) is 6.61 Å². The minimum atomic E-state index is -1.67. The molecular weight excluding hydrogens is 404 g/mol. The molecule has 5 atom stereocenters. The maximum atomic E-state index is 12.4. The lowest BCUT2D eigenvalue weighted by molar-refractivity contribution is -0.144. The van der Waals surface area contributed by atoms with Crippen molar-refractivity contribution in [2.24, 2.45) is 11.7 Å². The molecule has 0 aliphatic heterocycles. The molecule has 0 rings (SSSR count). The van der Waals surface area contributed by atoms with E-state index >= 15 is 0 Å². The van der Waals surface area contributed by atoms with Gasteiger partial charge in [0.05, 0.1) is 19.1 Å². The number of carbonyl (C=O) groups is 5. The molecule has 0 aromatic rings. The Labute approximate surface area is 173 Å². The number of hydrogen-bond acceptors (Lipinski definition) is 8. The third-order valence-corrected chi connectivity index (χ3v) is 3.97. The molecule has 0 radical (unpaired) electrons. The number of amides is 3. The summed E-state index contributed by atoms with van der Waals surface area (Å²) in [6, 6.07) is -5.95. The fraction of sp³-hybridized carbons (Fsp3) is 0.706. The Bertz CT molecular complexity index is 639. The Morgan fingerprint density at radius 2 is 1.30 bits per heavy atom. The number of aliphatic hydroxyl groups is 2. The molecule has 0 saturated carbocycles. The molecule has 0 saturated heterocycles. The molecule has 0 aliphatic rings. The van der Waals surface area contributed by atoms with Gasteiger partial charge < -0.3 is 42.1 Å². The SMILES string of the molecule is CC(C)CC(NC(=O)C(CC(=O)O)NC(=O)C(CO)NC(=O)C(N)C(C)O)C(=O)O. The maximum Gasteiger partial charge on any atom is 0.326 e. The van der Waals surface area contributed by atoms with Crippen LogP contribution in [0.3, 0.4) is 0 Å². The van der Waals surface area contributed by atoms with Gasteiger partial charge in [0.2, 0.25) is 17.7 Å². The zero-order valence-corrected chi connectivity index (χ0v) is 17.0. The first-order valence-corrected chi connectivity index (χ1v) is 9.20. The molecule has 13 nitrogen and oxygen atoms in total. The van der Waals surface area contributed by atoms with E-state index in [1.54, 1.807) is 13.8 Å². The van der Waals surface area contributed by atoms with Crippen LogP contribution in [0.2, 0.25) is 0 Å². The van der Waals surface area contributed by atoms with E-state index in [4.69, 9.17) is 10.8 Å². The topological polar surface area (TPSA) is 228 Å². The lowest BCUT2D eigenvalue weighted by Crippen LogP contribution is -2.59. The second-order valence-electron chi connectivity index (χ2n) is 7.20. The molecule has 3 amide bonds. The van der Waals surface area contributed by atoms with Crippen molar-refractivity contribution in [3.05, 3.63) is 0 Å². The van der Waals surface area contributed by atoms with Gasteiger partial charge in [-0.15, -0.1) is 0 Å². The molecule has 172 valence electrons. The van der Waals surface area contributed by atoms with Gasteiger partial charge in [0.15, 0.2) is 0 Å². The monoisotopic (exact) mass is 434 g/mol. The highest BCUT2D eigenvalue weighted by atomic mass is 16.4. The number of nitrogens with one attached hydrogen (secondary N) is 3. The standard InChI is InChI=1S/C17H30N4O9/c1-7(2)4-10(17(29)30)20-14(26)9(5-12(24)25)19-15(27)11(6-22)21-16(28)13(18)8(3)23/h7-11,13,22-23H,4-6,18H2,1-3H3,(H,19,27)(H,20,26)(H,21,28)(H,24,25)(H,29,30). The maximum absolute atomic E-state index is 12.4. The predicted octanol–water partition coefficient (Wildman–Crippen LogP) is -3.25. The second kappa shape index (κ2) is 12.7. The molecule has 30 heavy (non-hydrogen) atoms. The van der Waals surface area contributed by atoms with Crippen molar-refractivity contribution in [1.82, 2.24) is 16.0 Å². The van der Waals surface area contributed by atoms with E-state index in [1.807, 2.05) is 0 Å². The van der Waals surface area contributed by atoms with Gasteiger partial charge in [0.1, 0.15) is 24.2 Å². The van der Waals surface area contributed by atoms with E-state index in [9.17, 15) is 39.3 Å². The van der Waals surface area contributed by atoms with E-state index in [0.29, 0.717) is 0 Å². The first kappa shape index (κ1) is 27.2. The first-order chi connectivity index (χ1) is 13.8. The number of carboxylic acid groups (broad SMARTS) is 2. The summed E-state index contributed by atoms with van der Waals surface area (Å²) in [6.45, 7) is 3.79. The lowest BCUT2D eigenvalue weighted by Gasteiger charge is -2.24. The van der Waals surface area contributed by atoms with Crippen LogP contribution < -0.4 is 21.7 Å². The normalized spacial score (nSPS) is 16.0. The Morgan fingerprint density at radius 3 is 1.70 bits per heavy atom. The van der Waals surface area contributed by atoms with E-state index < -0.39 is 73.0 Å². The van der Waals surface area contributed by atoms with Crippen molar-refractivity contribution in [1.29, 1.82) is 0 Å². The van der Waals surface area contributed by atoms with Crippen LogP contribution in [-0.4, -0.2) is 87.0 Å². The average molecular weight is 434 g/mol. The molecule has 0 aromatic carbocycles. The first-order valence-electron chi connectivity index (χ1n) is 9.20. The van der Waals surface area contributed by atoms with Crippen LogP contribution in [0.1, 0.15) is 33.6 Å². The summed E-state index contributed by atoms with van der Waals surface area (Å²) in [7, 11) is 0. The second-order valence-corrected chi connectivity index (χ2v) is 7.20. The van der Waals surface area contributed by atoms with Crippen molar-refractivity contribution in [2.45, 2.75) is 63.9 Å². The molecule has 13 heteroatoms. The number of hydrogen-bond donors (Lipinski definition) is 8. The zero-order chi connectivity index (χ0) is 23.6. The van der Waals surface area contributed by atoms with Crippen LogP contribution in [0, 0.1) is 5.92 Å². The highest BCUT2D eigenvalue weighted by Gasteiger charge is 2.32. The Balaban J connectivity index is 5.31. The van der Waals surface area contributed by atoms with Gasteiger partial charge in [0, 0.05) is 0 Å². The van der Waals surface area contributed by atoms with Gasteiger partial charge in [-0.3, -0.25) is 19.2 Å². The highest BCUT2D eigenvalue weighted by molar-refractivity contribution is 5.95. The lowest BCUT2D eigenvalue weighted by atomic mass is 10.0. The van der Waals surface area contributed by atoms with Crippen LogP contribution in [0.25, 0.3) is 0 Å². The predicted molar refractivity (Wildman–Crippen MR) is 102 cm³/mol. The van der Waals surface area contributed by atoms with Crippen LogP contribution in [0.15, 0.2) is 0 Å². The average Bonchev–Trinajstić information content (AvgIpc) is 2.62. The van der Waals surface area contributed by atoms with Crippen LogP contribution in [0.5, 0.6) is 0 Å². The molecule has 0 fully saturated rings. The molecule has 9 N–H and O–H groups in total. The Kier molecular flexibility index (Phi) is 11.5. The highest BCUT2D eigenvalue weighted by Crippen LogP contribution is 2.06. The number of aliphatic carboxylic acids is 2. The van der Waals surface area contributed by atoms with Crippen molar-refractivity contribution < 1.29 is 44.4 Å². The fourth-order valence-corrected chi connectivity index (χ4v) is 2.30. The van der Waals surface area contributed by atoms with Gasteiger partial charge in [-0.05, 0) is 19.3 Å². The third-order valence-electron chi connectivity index (χ3n) is 3.97. The summed E-state index contributed by atoms with van der Waals surface area (Å²) in [6.07, 6.45) is -2.04. The minimum Gasteiger partial charge on any atom is -0.481 e. The van der Waals surface area contributed by atoms with E-state index in [0.717, 1.165) is 0 Å². The molecule has 0 heterocycles. The smallest absolute Gasteiger partial charge is 0.326 e. The van der Waals surface area contributed by atoms with Gasteiger partial charge in [-0.2, -0.15) is 0 Å². The number of carboxylic acids is 2.